The second-order valence-corrected chi connectivity index (χ2v) is 7.34. The van der Waals surface area contributed by atoms with Gasteiger partial charge in [0, 0.05) is 13.1 Å². The number of benzene rings is 2. The van der Waals surface area contributed by atoms with Gasteiger partial charge in [0.05, 0.1) is 18.4 Å². The number of para-hydroxylation sites is 1. The Hall–Kier alpha value is -3.06. The van der Waals surface area contributed by atoms with Crippen LogP contribution in [0, 0.1) is 6.92 Å². The Morgan fingerprint density at radius 2 is 1.97 bits per heavy atom. The summed E-state index contributed by atoms with van der Waals surface area (Å²) >= 11 is 1.35. The lowest BCUT2D eigenvalue weighted by atomic mass is 10.1. The van der Waals surface area contributed by atoms with E-state index in [0.717, 1.165) is 22.4 Å². The third-order valence-electron chi connectivity index (χ3n) is 4.45. The van der Waals surface area contributed by atoms with Gasteiger partial charge in [0.2, 0.25) is 5.91 Å². The molecule has 29 heavy (non-hydrogen) atoms. The van der Waals surface area contributed by atoms with Crippen LogP contribution in [0.5, 0.6) is 5.75 Å². The van der Waals surface area contributed by atoms with E-state index in [9.17, 15) is 4.79 Å². The molecule has 1 heterocycles. The number of rotatable bonds is 9. The summed E-state index contributed by atoms with van der Waals surface area (Å²) in [6, 6.07) is 15.7. The Morgan fingerprint density at radius 3 is 2.72 bits per heavy atom. The first kappa shape index (κ1) is 20.7. The average molecular weight is 409 g/mol. The second kappa shape index (κ2) is 9.93. The maximum Gasteiger partial charge on any atom is 0.230 e. The molecule has 7 heteroatoms. The van der Waals surface area contributed by atoms with Crippen molar-refractivity contribution in [3.8, 4) is 17.1 Å². The fourth-order valence-electron chi connectivity index (χ4n) is 2.90. The van der Waals surface area contributed by atoms with E-state index in [-0.39, 0.29) is 11.7 Å². The number of ether oxygens (including phenoxy) is 1. The van der Waals surface area contributed by atoms with Crippen LogP contribution in [0.15, 0.2) is 66.3 Å². The van der Waals surface area contributed by atoms with Gasteiger partial charge in [-0.1, -0.05) is 54.2 Å². The van der Waals surface area contributed by atoms with Crippen LogP contribution in [0.3, 0.4) is 0 Å². The van der Waals surface area contributed by atoms with E-state index in [1.165, 1.54) is 11.8 Å². The van der Waals surface area contributed by atoms with Crippen LogP contribution in [0.25, 0.3) is 11.4 Å². The highest BCUT2D eigenvalue weighted by Crippen LogP contribution is 2.30. The fraction of sp³-hybridized carbons (Fsp3) is 0.227. The van der Waals surface area contributed by atoms with Crippen LogP contribution >= 0.6 is 11.8 Å². The predicted molar refractivity (Wildman–Crippen MR) is 116 cm³/mol. The zero-order chi connectivity index (χ0) is 20.6. The number of amides is 1. The molecule has 1 N–H and O–H groups in total. The first-order chi connectivity index (χ1) is 14.1. The van der Waals surface area contributed by atoms with Crippen molar-refractivity contribution >= 4 is 17.7 Å². The summed E-state index contributed by atoms with van der Waals surface area (Å²) in [7, 11) is 1.63. The molecule has 0 unspecified atom stereocenters. The minimum Gasteiger partial charge on any atom is -0.496 e. The van der Waals surface area contributed by atoms with Crippen molar-refractivity contribution in [2.45, 2.75) is 25.2 Å². The van der Waals surface area contributed by atoms with Gasteiger partial charge in [0.25, 0.3) is 0 Å². The van der Waals surface area contributed by atoms with E-state index in [0.29, 0.717) is 24.1 Å². The van der Waals surface area contributed by atoms with Crippen LogP contribution in [0.1, 0.15) is 11.1 Å². The van der Waals surface area contributed by atoms with E-state index in [1.807, 2.05) is 60.0 Å². The van der Waals surface area contributed by atoms with Gasteiger partial charge in [-0.2, -0.15) is 0 Å². The molecule has 0 aliphatic heterocycles. The first-order valence-corrected chi connectivity index (χ1v) is 10.2. The van der Waals surface area contributed by atoms with Crippen LogP contribution in [0.4, 0.5) is 0 Å². The smallest absolute Gasteiger partial charge is 0.230 e. The third kappa shape index (κ3) is 5.06. The highest BCUT2D eigenvalue weighted by Gasteiger charge is 2.17. The normalized spacial score (nSPS) is 10.6. The lowest BCUT2D eigenvalue weighted by Gasteiger charge is -2.11. The van der Waals surface area contributed by atoms with Gasteiger partial charge >= 0.3 is 0 Å². The number of hydrogen-bond donors (Lipinski definition) is 1. The molecular weight excluding hydrogens is 384 g/mol. The van der Waals surface area contributed by atoms with Gasteiger partial charge in [-0.05, 0) is 30.2 Å². The molecule has 0 spiro atoms. The van der Waals surface area contributed by atoms with Crippen LogP contribution in [-0.2, 0) is 17.9 Å². The summed E-state index contributed by atoms with van der Waals surface area (Å²) in [5, 5.41) is 12.2. The van der Waals surface area contributed by atoms with E-state index in [2.05, 4.69) is 22.1 Å². The Balaban J connectivity index is 1.69. The van der Waals surface area contributed by atoms with Gasteiger partial charge in [-0.25, -0.2) is 0 Å². The van der Waals surface area contributed by atoms with E-state index in [1.54, 1.807) is 13.2 Å². The largest absolute Gasteiger partial charge is 0.496 e. The Bertz CT molecular complexity index is 1000. The van der Waals surface area contributed by atoms with Crippen LogP contribution < -0.4 is 10.1 Å². The molecule has 0 radical (unpaired) electrons. The second-order valence-electron chi connectivity index (χ2n) is 6.40. The number of nitrogens with one attached hydrogen (secondary N) is 1. The van der Waals surface area contributed by atoms with Crippen molar-refractivity contribution in [2.24, 2.45) is 0 Å². The molecule has 0 fully saturated rings. The summed E-state index contributed by atoms with van der Waals surface area (Å²) in [6.45, 7) is 6.91. The van der Waals surface area contributed by atoms with E-state index >= 15 is 0 Å². The maximum absolute atomic E-state index is 12.3. The molecule has 0 saturated heterocycles. The SMILES string of the molecule is C=CCn1c(SCC(=O)NCc2ccccc2C)nnc1-c1ccccc1OC. The lowest BCUT2D eigenvalue weighted by molar-refractivity contribution is -0.118. The molecule has 1 aromatic heterocycles. The Labute approximate surface area is 175 Å². The molecule has 0 saturated carbocycles. The highest BCUT2D eigenvalue weighted by molar-refractivity contribution is 7.99. The monoisotopic (exact) mass is 408 g/mol. The number of carbonyl (C=O) groups excluding carboxylic acids is 1. The predicted octanol–water partition coefficient (Wildman–Crippen LogP) is 3.86. The molecule has 0 aliphatic carbocycles. The molecule has 0 bridgehead atoms. The average Bonchev–Trinajstić information content (AvgIpc) is 3.14. The van der Waals surface area contributed by atoms with Gasteiger partial charge in [0.15, 0.2) is 11.0 Å². The number of allylic oxidation sites excluding steroid dienone is 1. The molecule has 0 atom stereocenters. The summed E-state index contributed by atoms with van der Waals surface area (Å²) in [5.41, 5.74) is 3.12. The molecule has 2 aromatic carbocycles. The molecule has 150 valence electrons. The number of thioether (sulfide) groups is 1. The van der Waals surface area contributed by atoms with Crippen molar-refractivity contribution in [1.29, 1.82) is 0 Å². The summed E-state index contributed by atoms with van der Waals surface area (Å²) in [5.74, 6) is 1.61. The highest BCUT2D eigenvalue weighted by atomic mass is 32.2. The zero-order valence-electron chi connectivity index (χ0n) is 16.6. The Morgan fingerprint density at radius 1 is 1.21 bits per heavy atom. The number of aromatic nitrogens is 3. The van der Waals surface area contributed by atoms with Crippen molar-refractivity contribution in [3.63, 3.8) is 0 Å². The molecule has 1 amide bonds. The zero-order valence-corrected chi connectivity index (χ0v) is 17.4. The lowest BCUT2D eigenvalue weighted by Crippen LogP contribution is -2.25. The quantitative estimate of drug-likeness (QED) is 0.430. The van der Waals surface area contributed by atoms with Gasteiger partial charge < -0.3 is 10.1 Å². The van der Waals surface area contributed by atoms with E-state index in [4.69, 9.17) is 4.74 Å². The van der Waals surface area contributed by atoms with Gasteiger partial charge in [-0.3, -0.25) is 9.36 Å². The molecule has 6 nitrogen and oxygen atoms in total. The van der Waals surface area contributed by atoms with Gasteiger partial charge in [0.1, 0.15) is 5.75 Å². The molecule has 0 aliphatic rings. The van der Waals surface area contributed by atoms with Crippen molar-refractivity contribution < 1.29 is 9.53 Å². The number of carbonyl (C=O) groups is 1. The maximum atomic E-state index is 12.3. The Kier molecular flexibility index (Phi) is 7.08. The molecule has 3 aromatic rings. The molecular formula is C22H24N4O2S. The first-order valence-electron chi connectivity index (χ1n) is 9.25. The standard InChI is InChI=1S/C22H24N4O2S/c1-4-13-26-21(18-11-7-8-12-19(18)28-3)24-25-22(26)29-15-20(27)23-14-17-10-6-5-9-16(17)2/h4-12H,1,13-15H2,2-3H3,(H,23,27). The summed E-state index contributed by atoms with van der Waals surface area (Å²) < 4.78 is 7.38. The fourth-order valence-corrected chi connectivity index (χ4v) is 3.68. The number of aryl methyl sites for hydroxylation is 1. The van der Waals surface area contributed by atoms with Crippen molar-refractivity contribution in [1.82, 2.24) is 20.1 Å². The van der Waals surface area contributed by atoms with Crippen LogP contribution in [-0.4, -0.2) is 33.5 Å². The summed E-state index contributed by atoms with van der Waals surface area (Å²) in [4.78, 5) is 12.3. The third-order valence-corrected chi connectivity index (χ3v) is 5.41. The van der Waals surface area contributed by atoms with Crippen molar-refractivity contribution in [3.05, 3.63) is 72.3 Å². The summed E-state index contributed by atoms with van der Waals surface area (Å²) in [6.07, 6.45) is 1.78. The number of hydrogen-bond acceptors (Lipinski definition) is 5. The number of methoxy groups -OCH3 is 1. The van der Waals surface area contributed by atoms with Crippen molar-refractivity contribution in [2.75, 3.05) is 12.9 Å². The minimum absolute atomic E-state index is 0.0507. The molecule has 3 rings (SSSR count). The van der Waals surface area contributed by atoms with Crippen LogP contribution in [0.2, 0.25) is 0 Å². The number of nitrogens with zero attached hydrogens (tertiary/aromatic N) is 3. The topological polar surface area (TPSA) is 69.0 Å². The van der Waals surface area contributed by atoms with Gasteiger partial charge in [-0.15, -0.1) is 16.8 Å². The minimum atomic E-state index is -0.0507. The van der Waals surface area contributed by atoms with E-state index < -0.39 is 0 Å².